The normalized spacial score (nSPS) is 11.2. The Morgan fingerprint density at radius 2 is 1.67 bits per heavy atom. The van der Waals surface area contributed by atoms with Crippen molar-refractivity contribution in [3.8, 4) is 0 Å². The smallest absolute Gasteiger partial charge is 0.251 e. The van der Waals surface area contributed by atoms with Crippen molar-refractivity contribution in [2.24, 2.45) is 0 Å². The van der Waals surface area contributed by atoms with E-state index < -0.39 is 0 Å². The van der Waals surface area contributed by atoms with E-state index in [1.165, 1.54) is 0 Å². The molecule has 0 spiro atoms. The molecule has 21 heavy (non-hydrogen) atoms. The summed E-state index contributed by atoms with van der Waals surface area (Å²) in [6.07, 6.45) is 0. The molecule has 3 heteroatoms. The average Bonchev–Trinajstić information content (AvgIpc) is 2.45. The van der Waals surface area contributed by atoms with Gasteiger partial charge in [-0.1, -0.05) is 57.2 Å². The molecular weight excluding hydrogens is 260 g/mol. The Morgan fingerprint density at radius 3 is 2.33 bits per heavy atom. The number of para-hydroxylation sites is 1. The highest BCUT2D eigenvalue weighted by atomic mass is 16.1. The molecule has 0 radical (unpaired) electrons. The highest BCUT2D eigenvalue weighted by Crippen LogP contribution is 2.25. The molecule has 2 rings (SSSR count). The van der Waals surface area contributed by atoms with E-state index >= 15 is 0 Å². The number of nitrogen functional groups attached to an aromatic ring is 1. The summed E-state index contributed by atoms with van der Waals surface area (Å²) in [5.74, 6) is -0.0659. The van der Waals surface area contributed by atoms with E-state index in [2.05, 4.69) is 26.1 Å². The maximum atomic E-state index is 12.4. The van der Waals surface area contributed by atoms with Gasteiger partial charge in [0.15, 0.2) is 0 Å². The first kappa shape index (κ1) is 15.1. The van der Waals surface area contributed by atoms with Crippen LogP contribution in [0.2, 0.25) is 0 Å². The summed E-state index contributed by atoms with van der Waals surface area (Å²) in [7, 11) is 0. The lowest BCUT2D eigenvalue weighted by Gasteiger charge is -2.22. The number of carbonyl (C=O) groups excluding carboxylic acids is 1. The van der Waals surface area contributed by atoms with Crippen molar-refractivity contribution in [1.82, 2.24) is 5.32 Å². The molecule has 1 amide bonds. The van der Waals surface area contributed by atoms with Crippen LogP contribution in [0.25, 0.3) is 0 Å². The summed E-state index contributed by atoms with van der Waals surface area (Å²) < 4.78 is 0. The molecular formula is C18H22N2O. The van der Waals surface area contributed by atoms with E-state index in [0.717, 1.165) is 16.7 Å². The van der Waals surface area contributed by atoms with Crippen molar-refractivity contribution in [2.45, 2.75) is 32.7 Å². The maximum absolute atomic E-state index is 12.4. The van der Waals surface area contributed by atoms with Crippen LogP contribution < -0.4 is 11.1 Å². The second-order valence-corrected chi connectivity index (χ2v) is 6.18. The number of anilines is 1. The van der Waals surface area contributed by atoms with Gasteiger partial charge in [-0.05, 0) is 28.7 Å². The molecule has 2 aromatic carbocycles. The van der Waals surface area contributed by atoms with Gasteiger partial charge in [0.25, 0.3) is 5.91 Å². The van der Waals surface area contributed by atoms with E-state index in [0.29, 0.717) is 12.2 Å². The summed E-state index contributed by atoms with van der Waals surface area (Å²) in [6, 6.07) is 15.3. The van der Waals surface area contributed by atoms with E-state index in [9.17, 15) is 4.79 Å². The maximum Gasteiger partial charge on any atom is 0.251 e. The monoisotopic (exact) mass is 282 g/mol. The summed E-state index contributed by atoms with van der Waals surface area (Å²) >= 11 is 0. The van der Waals surface area contributed by atoms with Crippen LogP contribution in [-0.4, -0.2) is 5.91 Å². The minimum absolute atomic E-state index is 0.0659. The molecule has 0 bridgehead atoms. The Hall–Kier alpha value is -2.29. The number of benzene rings is 2. The summed E-state index contributed by atoms with van der Waals surface area (Å²) in [6.45, 7) is 6.75. The highest BCUT2D eigenvalue weighted by Gasteiger charge is 2.20. The Balaban J connectivity index is 2.17. The fraction of sp³-hybridized carbons (Fsp3) is 0.278. The fourth-order valence-electron chi connectivity index (χ4n) is 2.30. The molecule has 0 aliphatic rings. The first-order chi connectivity index (χ1) is 9.89. The van der Waals surface area contributed by atoms with Crippen LogP contribution in [0.1, 0.15) is 42.3 Å². The van der Waals surface area contributed by atoms with Gasteiger partial charge in [-0.25, -0.2) is 0 Å². The van der Waals surface area contributed by atoms with Crippen molar-refractivity contribution in [2.75, 3.05) is 5.73 Å². The van der Waals surface area contributed by atoms with Gasteiger partial charge in [-0.3, -0.25) is 4.79 Å². The van der Waals surface area contributed by atoms with E-state index in [-0.39, 0.29) is 11.3 Å². The van der Waals surface area contributed by atoms with Gasteiger partial charge >= 0.3 is 0 Å². The fourth-order valence-corrected chi connectivity index (χ4v) is 2.30. The third-order valence-electron chi connectivity index (χ3n) is 3.47. The zero-order valence-corrected chi connectivity index (χ0v) is 12.8. The van der Waals surface area contributed by atoms with Crippen LogP contribution in [0.5, 0.6) is 0 Å². The molecule has 2 aromatic rings. The van der Waals surface area contributed by atoms with Crippen LogP contribution in [0.3, 0.4) is 0 Å². The molecule has 0 unspecified atom stereocenters. The van der Waals surface area contributed by atoms with E-state index in [1.54, 1.807) is 0 Å². The van der Waals surface area contributed by atoms with Crippen molar-refractivity contribution < 1.29 is 4.79 Å². The van der Waals surface area contributed by atoms with Crippen LogP contribution >= 0.6 is 0 Å². The van der Waals surface area contributed by atoms with Crippen molar-refractivity contribution in [3.63, 3.8) is 0 Å². The minimum Gasteiger partial charge on any atom is -0.398 e. The molecule has 0 aliphatic carbocycles. The Morgan fingerprint density at radius 1 is 1.05 bits per heavy atom. The predicted octanol–water partition coefficient (Wildman–Crippen LogP) is 3.50. The van der Waals surface area contributed by atoms with Gasteiger partial charge in [0, 0.05) is 17.8 Å². The summed E-state index contributed by atoms with van der Waals surface area (Å²) in [5, 5.41) is 2.95. The molecule has 3 nitrogen and oxygen atoms in total. The molecule has 0 heterocycles. The van der Waals surface area contributed by atoms with Crippen LogP contribution in [0, 0.1) is 0 Å². The largest absolute Gasteiger partial charge is 0.398 e. The number of hydrogen-bond donors (Lipinski definition) is 2. The van der Waals surface area contributed by atoms with E-state index in [1.807, 2.05) is 48.5 Å². The van der Waals surface area contributed by atoms with Crippen LogP contribution in [0.15, 0.2) is 48.5 Å². The highest BCUT2D eigenvalue weighted by molar-refractivity contribution is 5.96. The predicted molar refractivity (Wildman–Crippen MR) is 87.2 cm³/mol. The topological polar surface area (TPSA) is 55.1 Å². The van der Waals surface area contributed by atoms with E-state index in [4.69, 9.17) is 5.73 Å². The Bertz CT molecular complexity index is 642. The van der Waals surface area contributed by atoms with Crippen molar-refractivity contribution in [1.29, 1.82) is 0 Å². The van der Waals surface area contributed by atoms with Gasteiger partial charge in [0.1, 0.15) is 0 Å². The summed E-state index contributed by atoms with van der Waals surface area (Å²) in [4.78, 5) is 12.4. The lowest BCUT2D eigenvalue weighted by molar-refractivity contribution is 0.0949. The number of amides is 1. The molecule has 0 saturated heterocycles. The average molecular weight is 282 g/mol. The van der Waals surface area contributed by atoms with Gasteiger partial charge < -0.3 is 11.1 Å². The Kier molecular flexibility index (Phi) is 4.32. The number of hydrogen-bond acceptors (Lipinski definition) is 2. The zero-order valence-electron chi connectivity index (χ0n) is 12.8. The molecule has 3 N–H and O–H groups in total. The van der Waals surface area contributed by atoms with Gasteiger partial charge in [0.2, 0.25) is 0 Å². The molecule has 0 aromatic heterocycles. The number of nitrogens with two attached hydrogens (primary N) is 1. The van der Waals surface area contributed by atoms with Gasteiger partial charge in [-0.15, -0.1) is 0 Å². The van der Waals surface area contributed by atoms with Crippen LogP contribution in [-0.2, 0) is 12.0 Å². The number of carbonyl (C=O) groups is 1. The first-order valence-corrected chi connectivity index (χ1v) is 7.10. The summed E-state index contributed by atoms with van der Waals surface area (Å²) in [5.41, 5.74) is 9.22. The molecule has 0 saturated carbocycles. The molecule has 110 valence electrons. The molecule has 0 fully saturated rings. The van der Waals surface area contributed by atoms with Crippen LogP contribution in [0.4, 0.5) is 5.69 Å². The molecule has 0 atom stereocenters. The van der Waals surface area contributed by atoms with Crippen molar-refractivity contribution >= 4 is 11.6 Å². The minimum atomic E-state index is -0.0697. The zero-order chi connectivity index (χ0) is 15.5. The second-order valence-electron chi connectivity index (χ2n) is 6.18. The number of rotatable bonds is 3. The SMILES string of the molecule is CC(C)(C)c1ccccc1C(=O)NCc1ccccc1N. The van der Waals surface area contributed by atoms with Crippen molar-refractivity contribution in [3.05, 3.63) is 65.2 Å². The Labute approximate surface area is 126 Å². The van der Waals surface area contributed by atoms with Gasteiger partial charge in [-0.2, -0.15) is 0 Å². The number of nitrogens with one attached hydrogen (secondary N) is 1. The third-order valence-corrected chi connectivity index (χ3v) is 3.47. The first-order valence-electron chi connectivity index (χ1n) is 7.10. The molecule has 0 aliphatic heterocycles. The lowest BCUT2D eigenvalue weighted by Crippen LogP contribution is -2.27. The quantitative estimate of drug-likeness (QED) is 0.847. The standard InChI is InChI=1S/C18H22N2O/c1-18(2,3)15-10-6-5-9-14(15)17(21)20-12-13-8-4-7-11-16(13)19/h4-11H,12,19H2,1-3H3,(H,20,21). The lowest BCUT2D eigenvalue weighted by atomic mass is 9.83. The second kappa shape index (κ2) is 6.00. The third kappa shape index (κ3) is 3.63. The van der Waals surface area contributed by atoms with Gasteiger partial charge in [0.05, 0.1) is 0 Å².